The number of amides is 9. The van der Waals surface area contributed by atoms with Gasteiger partial charge in [0.25, 0.3) is 5.91 Å². The van der Waals surface area contributed by atoms with Crippen LogP contribution < -0.4 is 140 Å². The molecule has 0 unspecified atom stereocenters. The summed E-state index contributed by atoms with van der Waals surface area (Å²) in [6.07, 6.45) is 1.51. The SMILES string of the molecule is NC(=O)C[C@H](CCCN=C(N)N)NC(=O)C[C@H](CCCN=C(N)N)NC(=O)C[C@H](CCCN=C(N)N)NC(=O)C[C@H](CCCN=C(N)N)NC(=O)C[C@H](CCCN=C(N)N)NC(=O)C[C@H](CCCN=C(N)N)NC(=O)C[C@H](CCCN=C(N)N)NC(=O)C[C@H](CCCN=C(N)N)NC(=O)c1cccc(C(=O)O)n1. The second-order valence-corrected chi connectivity index (χ2v) is 25.4. The third-order valence-corrected chi connectivity index (χ3v) is 15.6. The standard InChI is InChI=1S/C63H118N34O11/c64-46(98)28-36(10-2-20-81-56(65)66)89-47(99)29-37(11-3-21-82-57(67)68)90-48(100)30-38(12-4-22-83-58(69)70)91-49(101)31-39(13-5-23-84-59(71)72)92-50(102)32-40(14-6-24-85-60(73)74)93-51(103)33-41(15-7-25-86-61(75)76)94-52(104)34-42(16-8-26-87-62(77)78)95-53(105)35-43(17-9-27-88-63(79)80)96-54(106)44-18-1-19-45(97-44)55(107)108/h1,18-19,36-43H,2-17,20-35H2,(H2,64,98)(H,89,99)(H,90,100)(H,91,101)(H,92,102)(H,93,103)(H,94,104)(H,95,105)(H,96,106)(H,107,108)(H4,65,66,81)(H4,67,68,82)(H4,69,70,83)(H4,71,72,84)(H4,73,74,85)(H4,75,76,86)(H4,77,78,87)(H4,79,80,88)/t36-,37-,38-,39-,40-,41-,42-,43-/m0/s1. The van der Waals surface area contributed by atoms with Crippen molar-refractivity contribution in [2.75, 3.05) is 52.4 Å². The lowest BCUT2D eigenvalue weighted by molar-refractivity contribution is -0.127. The highest BCUT2D eigenvalue weighted by atomic mass is 16.4. The minimum absolute atomic E-state index is 0.106. The van der Waals surface area contributed by atoms with Crippen molar-refractivity contribution in [3.05, 3.63) is 29.6 Å². The summed E-state index contributed by atoms with van der Waals surface area (Å²) < 4.78 is 0. The number of nitrogens with two attached hydrogens (primary N) is 17. The van der Waals surface area contributed by atoms with Crippen LogP contribution in [0.5, 0.6) is 0 Å². The van der Waals surface area contributed by atoms with Gasteiger partial charge in [0.05, 0.1) is 0 Å². The molecule has 43 N–H and O–H groups in total. The maximum atomic E-state index is 14.3. The summed E-state index contributed by atoms with van der Waals surface area (Å²) >= 11 is 0. The number of rotatable bonds is 58. The fourth-order valence-electron chi connectivity index (χ4n) is 10.9. The molecule has 9 amide bonds. The van der Waals surface area contributed by atoms with Gasteiger partial charge in [0.1, 0.15) is 11.4 Å². The average Bonchev–Trinajstić information content (AvgIpc) is 0.857. The molecule has 1 aromatic rings. The molecule has 0 saturated carbocycles. The van der Waals surface area contributed by atoms with Crippen molar-refractivity contribution in [2.24, 2.45) is 137 Å². The monoisotopic (exact) mass is 1530 g/mol. The Morgan fingerprint density at radius 1 is 0.278 bits per heavy atom. The van der Waals surface area contributed by atoms with E-state index in [0.29, 0.717) is 32.1 Å². The molecule has 0 aliphatic heterocycles. The van der Waals surface area contributed by atoms with Gasteiger partial charge >= 0.3 is 5.97 Å². The van der Waals surface area contributed by atoms with Crippen LogP contribution in [0.1, 0.15) is 175 Å². The normalized spacial score (nSPS) is 12.9. The fourth-order valence-corrected chi connectivity index (χ4v) is 10.9. The molecule has 606 valence electrons. The molecule has 108 heavy (non-hydrogen) atoms. The molecule has 1 heterocycles. The molecular weight excluding hydrogens is 1410 g/mol. The first-order valence-electron chi connectivity index (χ1n) is 35.4. The van der Waals surface area contributed by atoms with Gasteiger partial charge < -0.3 is 145 Å². The minimum Gasteiger partial charge on any atom is -0.477 e. The van der Waals surface area contributed by atoms with E-state index in [1.165, 1.54) is 18.2 Å². The summed E-state index contributed by atoms with van der Waals surface area (Å²) in [6.45, 7) is 1.12. The Hall–Kier alpha value is -12.0. The lowest BCUT2D eigenvalue weighted by atomic mass is 10.0. The molecule has 1 rings (SSSR count). The van der Waals surface area contributed by atoms with Crippen LogP contribution in [-0.4, -0.2) is 218 Å². The first kappa shape index (κ1) is 94.0. The number of carboxylic acid groups (broad SMARTS) is 1. The van der Waals surface area contributed by atoms with Crippen molar-refractivity contribution in [1.82, 2.24) is 47.5 Å². The van der Waals surface area contributed by atoms with Crippen LogP contribution in [0.3, 0.4) is 0 Å². The van der Waals surface area contributed by atoms with E-state index in [1.807, 2.05) is 0 Å². The number of aromatic carboxylic acids is 1. The molecule has 0 aliphatic rings. The van der Waals surface area contributed by atoms with E-state index >= 15 is 0 Å². The Kier molecular flexibility index (Phi) is 47.5. The number of guanidine groups is 8. The number of hydrogen-bond acceptors (Lipinski definition) is 19. The fraction of sp³-hybridized carbons (Fsp3) is 0.635. The number of primary amides is 1. The average molecular weight is 1530 g/mol. The second kappa shape index (κ2) is 54.6. The molecule has 0 bridgehead atoms. The number of aliphatic imine (C=N–C) groups is 8. The zero-order valence-corrected chi connectivity index (χ0v) is 61.3. The minimum atomic E-state index is -1.36. The number of carbonyl (C=O) groups is 10. The number of nitrogens with zero attached hydrogens (tertiary/aromatic N) is 9. The first-order valence-corrected chi connectivity index (χ1v) is 35.4. The molecule has 0 saturated heterocycles. The van der Waals surface area contributed by atoms with Crippen molar-refractivity contribution >= 4 is 107 Å². The van der Waals surface area contributed by atoms with Gasteiger partial charge in [-0.3, -0.25) is 83.1 Å². The maximum Gasteiger partial charge on any atom is 0.354 e. The van der Waals surface area contributed by atoms with Crippen LogP contribution >= 0.6 is 0 Å². The van der Waals surface area contributed by atoms with E-state index in [1.54, 1.807) is 0 Å². The van der Waals surface area contributed by atoms with Gasteiger partial charge in [-0.15, -0.1) is 0 Å². The molecular formula is C63H118N34O11. The summed E-state index contributed by atoms with van der Waals surface area (Å²) in [5, 5.41) is 32.4. The Balaban J connectivity index is 3.62. The summed E-state index contributed by atoms with van der Waals surface area (Å²) in [4.78, 5) is 171. The molecule has 45 nitrogen and oxygen atoms in total. The molecule has 0 spiro atoms. The molecule has 0 aliphatic carbocycles. The summed E-state index contributed by atoms with van der Waals surface area (Å²) in [6, 6.07) is -2.89. The first-order chi connectivity index (χ1) is 51.1. The van der Waals surface area contributed by atoms with E-state index in [0.717, 1.165) is 0 Å². The smallest absolute Gasteiger partial charge is 0.354 e. The Morgan fingerprint density at radius 3 is 0.630 bits per heavy atom. The van der Waals surface area contributed by atoms with Crippen LogP contribution in [0.25, 0.3) is 0 Å². The summed E-state index contributed by atoms with van der Waals surface area (Å²) in [5.41, 5.74) is 93.8. The number of carbonyl (C=O) groups excluding carboxylic acids is 9. The van der Waals surface area contributed by atoms with Gasteiger partial charge in [0, 0.05) is 152 Å². The van der Waals surface area contributed by atoms with Crippen LogP contribution in [0.15, 0.2) is 58.1 Å². The van der Waals surface area contributed by atoms with Crippen LogP contribution in [-0.2, 0) is 38.4 Å². The molecule has 0 aromatic carbocycles. The van der Waals surface area contributed by atoms with Gasteiger partial charge in [0.2, 0.25) is 47.3 Å². The zero-order valence-electron chi connectivity index (χ0n) is 61.3. The molecule has 0 radical (unpaired) electrons. The predicted octanol–water partition coefficient (Wildman–Crippen LogP) is -8.69. The van der Waals surface area contributed by atoms with Crippen molar-refractivity contribution in [2.45, 2.75) is 202 Å². The van der Waals surface area contributed by atoms with E-state index in [2.05, 4.69) is 87.5 Å². The summed E-state index contributed by atoms with van der Waals surface area (Å²) in [7, 11) is 0. The quantitative estimate of drug-likeness (QED) is 0.0164. The van der Waals surface area contributed by atoms with E-state index in [-0.39, 0.29) is 233 Å². The predicted molar refractivity (Wildman–Crippen MR) is 411 cm³/mol. The van der Waals surface area contributed by atoms with Crippen LogP contribution in [0, 0.1) is 0 Å². The highest BCUT2D eigenvalue weighted by Gasteiger charge is 2.28. The van der Waals surface area contributed by atoms with E-state index in [9.17, 15) is 53.1 Å². The van der Waals surface area contributed by atoms with Gasteiger partial charge in [-0.25, -0.2) is 9.78 Å². The van der Waals surface area contributed by atoms with Crippen molar-refractivity contribution in [1.29, 1.82) is 0 Å². The Labute approximate surface area is 627 Å². The van der Waals surface area contributed by atoms with Gasteiger partial charge in [-0.1, -0.05) is 6.07 Å². The van der Waals surface area contributed by atoms with Crippen molar-refractivity contribution in [3.8, 4) is 0 Å². The van der Waals surface area contributed by atoms with Crippen LogP contribution in [0.2, 0.25) is 0 Å². The lowest BCUT2D eigenvalue weighted by Crippen LogP contribution is -2.47. The number of pyridine rings is 1. The Morgan fingerprint density at radius 2 is 0.454 bits per heavy atom. The topological polar surface area (TPSA) is 841 Å². The van der Waals surface area contributed by atoms with Gasteiger partial charge in [0.15, 0.2) is 47.7 Å². The highest BCUT2D eigenvalue weighted by Crippen LogP contribution is 2.15. The van der Waals surface area contributed by atoms with Crippen molar-refractivity contribution < 1.29 is 53.1 Å². The van der Waals surface area contributed by atoms with Gasteiger partial charge in [-0.2, -0.15) is 0 Å². The Bertz CT molecular complexity index is 3240. The largest absolute Gasteiger partial charge is 0.477 e. The number of aromatic nitrogens is 1. The second-order valence-electron chi connectivity index (χ2n) is 25.4. The molecule has 8 atom stereocenters. The molecule has 45 heteroatoms. The zero-order chi connectivity index (χ0) is 80.9. The number of hydrogen-bond donors (Lipinski definition) is 26. The maximum absolute atomic E-state index is 14.3. The van der Waals surface area contributed by atoms with Crippen LogP contribution in [0.4, 0.5) is 0 Å². The van der Waals surface area contributed by atoms with Gasteiger partial charge in [-0.05, 0) is 115 Å². The molecule has 0 fully saturated rings. The lowest BCUT2D eigenvalue weighted by Gasteiger charge is -2.25. The third kappa shape index (κ3) is 51.2. The van der Waals surface area contributed by atoms with E-state index < -0.39 is 107 Å². The number of carboxylic acids is 1. The highest BCUT2D eigenvalue weighted by molar-refractivity contribution is 5.95. The summed E-state index contributed by atoms with van der Waals surface area (Å²) in [5.74, 6) is -8.29. The number of nitrogens with one attached hydrogen (secondary N) is 8. The molecule has 1 aromatic heterocycles. The van der Waals surface area contributed by atoms with E-state index in [4.69, 9.17) is 97.5 Å². The van der Waals surface area contributed by atoms with Crippen molar-refractivity contribution in [3.63, 3.8) is 0 Å². The third-order valence-electron chi connectivity index (χ3n) is 15.6.